The molecular formula is C24H19N3O2S. The summed E-state index contributed by atoms with van der Waals surface area (Å²) in [4.78, 5) is 20.4. The Kier molecular flexibility index (Phi) is 4.99. The van der Waals surface area contributed by atoms with E-state index in [1.807, 2.05) is 72.1 Å². The molecule has 0 radical (unpaired) electrons. The molecule has 0 saturated carbocycles. The number of aromatic nitrogens is 2. The van der Waals surface area contributed by atoms with E-state index in [0.717, 1.165) is 33.5 Å². The fourth-order valence-corrected chi connectivity index (χ4v) is 4.25. The Balaban J connectivity index is 1.29. The minimum Gasteiger partial charge on any atom is -0.489 e. The van der Waals surface area contributed by atoms with Crippen molar-refractivity contribution in [3.05, 3.63) is 101 Å². The van der Waals surface area contributed by atoms with Gasteiger partial charge in [0.05, 0.1) is 24.1 Å². The molecule has 0 bridgehead atoms. The molecule has 30 heavy (non-hydrogen) atoms. The largest absolute Gasteiger partial charge is 0.489 e. The normalized spacial score (nSPS) is 13.5. The van der Waals surface area contributed by atoms with Crippen molar-refractivity contribution < 1.29 is 9.53 Å². The number of ether oxygens (including phenoxy) is 1. The number of anilines is 1. The van der Waals surface area contributed by atoms with Gasteiger partial charge in [0.15, 0.2) is 0 Å². The van der Waals surface area contributed by atoms with Gasteiger partial charge in [0.25, 0.3) is 0 Å². The maximum atomic E-state index is 13.0. The summed E-state index contributed by atoms with van der Waals surface area (Å²) < 4.78 is 7.96. The first-order chi connectivity index (χ1) is 14.8. The lowest BCUT2D eigenvalue weighted by Gasteiger charge is -2.15. The Bertz CT molecular complexity index is 1220. The molecule has 3 heterocycles. The fraction of sp³-hybridized carbons (Fsp3) is 0.0833. The number of rotatable bonds is 6. The van der Waals surface area contributed by atoms with E-state index in [0.29, 0.717) is 18.8 Å². The quantitative estimate of drug-likeness (QED) is 0.340. The lowest BCUT2D eigenvalue weighted by molar-refractivity contribution is 0.103. The van der Waals surface area contributed by atoms with Crippen molar-refractivity contribution in [1.82, 2.24) is 9.97 Å². The highest BCUT2D eigenvalue weighted by Gasteiger charge is 2.23. The minimum absolute atomic E-state index is 0.0110. The minimum atomic E-state index is 0.0110. The lowest BCUT2D eigenvalue weighted by atomic mass is 10.1. The maximum absolute atomic E-state index is 13.0. The molecule has 148 valence electrons. The first-order valence-corrected chi connectivity index (χ1v) is 10.5. The summed E-state index contributed by atoms with van der Waals surface area (Å²) >= 11 is 1.52. The molecule has 0 spiro atoms. The average molecular weight is 414 g/mol. The Labute approximate surface area is 178 Å². The van der Waals surface area contributed by atoms with Crippen LogP contribution < -0.4 is 9.04 Å². The SMILES string of the molecule is O=C(C1=CSN(c2cccnc2)C1)c1cc2cc(OCc3ccccc3)ccc2[nH]1. The molecule has 2 aromatic heterocycles. The average Bonchev–Trinajstić information content (AvgIpc) is 3.46. The molecule has 6 heteroatoms. The molecule has 0 unspecified atom stereocenters. The van der Waals surface area contributed by atoms with Gasteiger partial charge >= 0.3 is 0 Å². The van der Waals surface area contributed by atoms with Gasteiger partial charge in [-0.15, -0.1) is 0 Å². The smallest absolute Gasteiger partial charge is 0.207 e. The van der Waals surface area contributed by atoms with Gasteiger partial charge in [0, 0.05) is 28.1 Å². The molecule has 0 amide bonds. The molecule has 5 rings (SSSR count). The van der Waals surface area contributed by atoms with Crippen LogP contribution in [0.15, 0.2) is 90.1 Å². The summed E-state index contributed by atoms with van der Waals surface area (Å²) in [6, 6.07) is 21.7. The van der Waals surface area contributed by atoms with Gasteiger partial charge in [-0.1, -0.05) is 30.3 Å². The standard InChI is InChI=1S/C24H19N3O2S/c28-24(19-14-27(30-16-19)20-7-4-10-25-13-20)23-12-18-11-21(8-9-22(18)26-23)29-15-17-5-2-1-3-6-17/h1-13,16,26H,14-15H2. The maximum Gasteiger partial charge on any atom is 0.207 e. The molecule has 0 aliphatic carbocycles. The van der Waals surface area contributed by atoms with E-state index < -0.39 is 0 Å². The summed E-state index contributed by atoms with van der Waals surface area (Å²) in [6.07, 6.45) is 3.54. The molecule has 5 nitrogen and oxygen atoms in total. The molecule has 2 aromatic carbocycles. The number of ketones is 1. The first kappa shape index (κ1) is 18.5. The summed E-state index contributed by atoms with van der Waals surface area (Å²) in [7, 11) is 0. The first-order valence-electron chi connectivity index (χ1n) is 9.64. The summed E-state index contributed by atoms with van der Waals surface area (Å²) in [5.41, 5.74) is 4.37. The van der Waals surface area contributed by atoms with Crippen molar-refractivity contribution in [2.24, 2.45) is 0 Å². The Morgan fingerprint density at radius 1 is 1.10 bits per heavy atom. The molecule has 1 aliphatic rings. The van der Waals surface area contributed by atoms with Crippen LogP contribution in [-0.2, 0) is 6.61 Å². The number of Topliss-reactive ketones (excluding diaryl/α,β-unsaturated/α-hetero) is 1. The highest BCUT2D eigenvalue weighted by atomic mass is 32.2. The number of benzene rings is 2. The second kappa shape index (κ2) is 8.08. The van der Waals surface area contributed by atoms with E-state index in [1.54, 1.807) is 12.4 Å². The van der Waals surface area contributed by atoms with Gasteiger partial charge in [-0.2, -0.15) is 0 Å². The van der Waals surface area contributed by atoms with Crippen LogP contribution in [0.4, 0.5) is 5.69 Å². The van der Waals surface area contributed by atoms with Gasteiger partial charge < -0.3 is 14.0 Å². The van der Waals surface area contributed by atoms with E-state index in [-0.39, 0.29) is 5.78 Å². The van der Waals surface area contributed by atoms with E-state index >= 15 is 0 Å². The number of nitrogens with one attached hydrogen (secondary N) is 1. The molecule has 0 saturated heterocycles. The third-order valence-electron chi connectivity index (χ3n) is 4.95. The number of H-pyrrole nitrogens is 1. The monoisotopic (exact) mass is 413 g/mol. The van der Waals surface area contributed by atoms with Crippen LogP contribution in [0.1, 0.15) is 16.1 Å². The fourth-order valence-electron chi connectivity index (χ4n) is 3.37. The van der Waals surface area contributed by atoms with Crippen LogP contribution in [0.25, 0.3) is 10.9 Å². The van der Waals surface area contributed by atoms with Gasteiger partial charge in [-0.25, -0.2) is 0 Å². The number of pyridine rings is 1. The molecule has 1 aliphatic heterocycles. The number of carbonyl (C=O) groups excluding carboxylic acids is 1. The van der Waals surface area contributed by atoms with Crippen LogP contribution in [0.5, 0.6) is 5.75 Å². The third-order valence-corrected chi connectivity index (χ3v) is 5.93. The van der Waals surface area contributed by atoms with E-state index in [4.69, 9.17) is 4.74 Å². The van der Waals surface area contributed by atoms with Crippen LogP contribution in [0.2, 0.25) is 0 Å². The molecular weight excluding hydrogens is 394 g/mol. The second-order valence-electron chi connectivity index (χ2n) is 7.03. The van der Waals surface area contributed by atoms with Crippen molar-refractivity contribution in [2.45, 2.75) is 6.61 Å². The zero-order valence-corrected chi connectivity index (χ0v) is 16.9. The molecule has 0 fully saturated rings. The molecule has 4 aromatic rings. The zero-order valence-electron chi connectivity index (χ0n) is 16.1. The molecule has 1 N–H and O–H groups in total. The number of fused-ring (bicyclic) bond motifs is 1. The van der Waals surface area contributed by atoms with Gasteiger partial charge in [-0.3, -0.25) is 9.78 Å². The highest BCUT2D eigenvalue weighted by molar-refractivity contribution is 8.03. The van der Waals surface area contributed by atoms with Crippen LogP contribution in [-0.4, -0.2) is 22.3 Å². The number of nitrogens with zero attached hydrogens (tertiary/aromatic N) is 2. The Hall–Kier alpha value is -3.51. The predicted molar refractivity (Wildman–Crippen MR) is 121 cm³/mol. The highest BCUT2D eigenvalue weighted by Crippen LogP contribution is 2.32. The lowest BCUT2D eigenvalue weighted by Crippen LogP contribution is -2.16. The van der Waals surface area contributed by atoms with Gasteiger partial charge in [-0.05, 0) is 53.9 Å². The van der Waals surface area contributed by atoms with Crippen molar-refractivity contribution >= 4 is 34.3 Å². The van der Waals surface area contributed by atoms with Gasteiger partial charge in [0.2, 0.25) is 5.78 Å². The predicted octanol–water partition coefficient (Wildman–Crippen LogP) is 5.38. The van der Waals surface area contributed by atoms with Crippen LogP contribution >= 0.6 is 11.9 Å². The van der Waals surface area contributed by atoms with E-state index in [1.165, 1.54) is 11.9 Å². The van der Waals surface area contributed by atoms with E-state index in [9.17, 15) is 4.79 Å². The van der Waals surface area contributed by atoms with Crippen LogP contribution in [0.3, 0.4) is 0 Å². The Morgan fingerprint density at radius 2 is 2.00 bits per heavy atom. The summed E-state index contributed by atoms with van der Waals surface area (Å²) in [6.45, 7) is 1.06. The zero-order chi connectivity index (χ0) is 20.3. The summed E-state index contributed by atoms with van der Waals surface area (Å²) in [5.74, 6) is 0.791. The molecule has 0 atom stereocenters. The Morgan fingerprint density at radius 3 is 2.83 bits per heavy atom. The van der Waals surface area contributed by atoms with Gasteiger partial charge in [0.1, 0.15) is 12.4 Å². The topological polar surface area (TPSA) is 58.2 Å². The van der Waals surface area contributed by atoms with Crippen molar-refractivity contribution in [2.75, 3.05) is 10.8 Å². The second-order valence-corrected chi connectivity index (χ2v) is 7.92. The number of hydrogen-bond acceptors (Lipinski definition) is 5. The summed E-state index contributed by atoms with van der Waals surface area (Å²) in [5, 5.41) is 2.87. The third kappa shape index (κ3) is 3.82. The number of aromatic amines is 1. The van der Waals surface area contributed by atoms with Crippen molar-refractivity contribution in [3.63, 3.8) is 0 Å². The number of hydrogen-bond donors (Lipinski definition) is 1. The number of carbonyl (C=O) groups is 1. The van der Waals surface area contributed by atoms with E-state index in [2.05, 4.69) is 14.3 Å². The van der Waals surface area contributed by atoms with Crippen LogP contribution in [0, 0.1) is 0 Å². The van der Waals surface area contributed by atoms with Crippen molar-refractivity contribution in [3.8, 4) is 5.75 Å². The van der Waals surface area contributed by atoms with Crippen molar-refractivity contribution in [1.29, 1.82) is 0 Å².